The van der Waals surface area contributed by atoms with E-state index in [9.17, 15) is 4.79 Å². The minimum atomic E-state index is -1.04. The molecule has 5 heteroatoms. The fourth-order valence-electron chi connectivity index (χ4n) is 1.30. The lowest BCUT2D eigenvalue weighted by molar-refractivity contribution is -0.131. The molecule has 1 heterocycles. The molecule has 2 rings (SSSR count). The molecule has 1 N–H and O–H groups in total. The quantitative estimate of drug-likeness (QED) is 0.818. The maximum Gasteiger partial charge on any atom is 0.328 e. The van der Waals surface area contributed by atoms with Crippen molar-refractivity contribution in [3.8, 4) is 5.88 Å². The van der Waals surface area contributed by atoms with E-state index in [0.29, 0.717) is 18.2 Å². The van der Waals surface area contributed by atoms with E-state index >= 15 is 0 Å². The molecule has 0 unspecified atom stereocenters. The van der Waals surface area contributed by atoms with Crippen LogP contribution in [0.5, 0.6) is 5.88 Å². The lowest BCUT2D eigenvalue weighted by atomic mass is 10.2. The molecule has 0 saturated heterocycles. The molecule has 1 aromatic carbocycles. The molecule has 0 aliphatic heterocycles. The van der Waals surface area contributed by atoms with Gasteiger partial charge in [-0.25, -0.2) is 4.79 Å². The molecule has 18 heavy (non-hydrogen) atoms. The van der Waals surface area contributed by atoms with Crippen LogP contribution in [0.3, 0.4) is 0 Å². The van der Waals surface area contributed by atoms with Crippen LogP contribution in [0.15, 0.2) is 47.0 Å². The molecule has 0 bridgehead atoms. The summed E-state index contributed by atoms with van der Waals surface area (Å²) in [6, 6.07) is 11.2. The average Bonchev–Trinajstić information content (AvgIpc) is 2.83. The lowest BCUT2D eigenvalue weighted by Gasteiger charge is -2.00. The fraction of sp³-hybridized carbons (Fsp3) is 0.0769. The number of hydrogen-bond acceptors (Lipinski definition) is 4. The van der Waals surface area contributed by atoms with Gasteiger partial charge in [0.1, 0.15) is 6.61 Å². The van der Waals surface area contributed by atoms with Crippen molar-refractivity contribution in [1.29, 1.82) is 0 Å². The molecule has 0 fully saturated rings. The Morgan fingerprint density at radius 3 is 2.89 bits per heavy atom. The van der Waals surface area contributed by atoms with Crippen molar-refractivity contribution in [2.75, 3.05) is 0 Å². The van der Waals surface area contributed by atoms with Crippen LogP contribution in [-0.2, 0) is 11.4 Å². The van der Waals surface area contributed by atoms with Gasteiger partial charge in [-0.1, -0.05) is 30.3 Å². The highest BCUT2D eigenvalue weighted by atomic mass is 16.5. The maximum atomic E-state index is 10.3. The van der Waals surface area contributed by atoms with E-state index in [2.05, 4.69) is 5.16 Å². The second-order valence-corrected chi connectivity index (χ2v) is 3.51. The van der Waals surface area contributed by atoms with Gasteiger partial charge in [-0.2, -0.15) is 0 Å². The first-order valence-corrected chi connectivity index (χ1v) is 5.28. The van der Waals surface area contributed by atoms with Gasteiger partial charge in [0.2, 0.25) is 0 Å². The first-order valence-electron chi connectivity index (χ1n) is 5.28. The number of aromatic nitrogens is 1. The highest BCUT2D eigenvalue weighted by Gasteiger charge is 2.03. The Kier molecular flexibility index (Phi) is 3.76. The molecule has 5 nitrogen and oxygen atoms in total. The number of carboxylic acids is 1. The number of nitrogens with zero attached hydrogens (tertiary/aromatic N) is 1. The van der Waals surface area contributed by atoms with Crippen LogP contribution in [0.1, 0.15) is 11.3 Å². The molecule has 0 aliphatic carbocycles. The van der Waals surface area contributed by atoms with Gasteiger partial charge in [0, 0.05) is 12.1 Å². The third-order valence-corrected chi connectivity index (χ3v) is 2.13. The van der Waals surface area contributed by atoms with Crippen LogP contribution in [-0.4, -0.2) is 16.2 Å². The zero-order valence-corrected chi connectivity index (χ0v) is 9.45. The summed E-state index contributed by atoms with van der Waals surface area (Å²) < 4.78 is 10.3. The van der Waals surface area contributed by atoms with E-state index in [-0.39, 0.29) is 0 Å². The van der Waals surface area contributed by atoms with Crippen LogP contribution < -0.4 is 4.74 Å². The van der Waals surface area contributed by atoms with Gasteiger partial charge in [-0.05, 0) is 16.8 Å². The Hall–Kier alpha value is -2.56. The first kappa shape index (κ1) is 11.9. The van der Waals surface area contributed by atoms with E-state index < -0.39 is 5.97 Å². The summed E-state index contributed by atoms with van der Waals surface area (Å²) >= 11 is 0. The van der Waals surface area contributed by atoms with Crippen LogP contribution in [0.25, 0.3) is 6.08 Å². The molecule has 92 valence electrons. The topological polar surface area (TPSA) is 72.6 Å². The van der Waals surface area contributed by atoms with Crippen LogP contribution in [0.4, 0.5) is 0 Å². The Bertz CT molecular complexity index is 545. The number of carboxylic acid groups (broad SMARTS) is 1. The van der Waals surface area contributed by atoms with Crippen LogP contribution in [0.2, 0.25) is 0 Å². The zero-order valence-electron chi connectivity index (χ0n) is 9.45. The first-order chi connectivity index (χ1) is 8.74. The molecule has 0 saturated carbocycles. The van der Waals surface area contributed by atoms with E-state index in [1.165, 1.54) is 12.1 Å². The predicted molar refractivity (Wildman–Crippen MR) is 63.9 cm³/mol. The minimum Gasteiger partial charge on any atom is -0.478 e. The van der Waals surface area contributed by atoms with E-state index in [1.54, 1.807) is 0 Å². The number of rotatable bonds is 5. The number of ether oxygens (including phenoxy) is 1. The zero-order chi connectivity index (χ0) is 12.8. The summed E-state index contributed by atoms with van der Waals surface area (Å²) in [5.41, 5.74) is 1.02. The normalized spacial score (nSPS) is 10.7. The van der Waals surface area contributed by atoms with Gasteiger partial charge in [0.25, 0.3) is 5.88 Å². The van der Waals surface area contributed by atoms with Crippen molar-refractivity contribution >= 4 is 12.0 Å². The van der Waals surface area contributed by atoms with Gasteiger partial charge in [-0.15, -0.1) is 0 Å². The van der Waals surface area contributed by atoms with Crippen molar-refractivity contribution in [2.24, 2.45) is 0 Å². The number of benzene rings is 1. The lowest BCUT2D eigenvalue weighted by Crippen LogP contribution is -1.94. The molecule has 0 amide bonds. The van der Waals surface area contributed by atoms with Crippen molar-refractivity contribution in [3.05, 3.63) is 53.8 Å². The summed E-state index contributed by atoms with van der Waals surface area (Å²) in [4.78, 5) is 10.3. The summed E-state index contributed by atoms with van der Waals surface area (Å²) in [6.07, 6.45) is 2.28. The molecule has 0 aliphatic rings. The summed E-state index contributed by atoms with van der Waals surface area (Å²) in [5, 5.41) is 12.1. The van der Waals surface area contributed by atoms with Crippen molar-refractivity contribution in [2.45, 2.75) is 6.61 Å². The molecule has 2 aromatic rings. The van der Waals surface area contributed by atoms with E-state index in [0.717, 1.165) is 11.6 Å². The second kappa shape index (κ2) is 5.67. The Labute approximate surface area is 103 Å². The van der Waals surface area contributed by atoms with E-state index in [4.69, 9.17) is 14.4 Å². The van der Waals surface area contributed by atoms with E-state index in [1.807, 2.05) is 30.3 Å². The minimum absolute atomic E-state index is 0.323. The Morgan fingerprint density at radius 1 is 1.39 bits per heavy atom. The maximum absolute atomic E-state index is 10.3. The molecule has 1 aromatic heterocycles. The molecule has 0 atom stereocenters. The van der Waals surface area contributed by atoms with Crippen molar-refractivity contribution < 1.29 is 19.2 Å². The largest absolute Gasteiger partial charge is 0.478 e. The fourth-order valence-corrected chi connectivity index (χ4v) is 1.30. The Morgan fingerprint density at radius 2 is 2.17 bits per heavy atom. The van der Waals surface area contributed by atoms with Crippen LogP contribution in [0, 0.1) is 0 Å². The Balaban J connectivity index is 1.93. The summed E-state index contributed by atoms with van der Waals surface area (Å²) in [5.74, 6) is -0.387. The highest BCUT2D eigenvalue weighted by molar-refractivity contribution is 5.84. The van der Waals surface area contributed by atoms with Gasteiger partial charge in [0.15, 0.2) is 5.76 Å². The van der Waals surface area contributed by atoms with Crippen molar-refractivity contribution in [3.63, 3.8) is 0 Å². The van der Waals surface area contributed by atoms with Crippen LogP contribution >= 0.6 is 0 Å². The number of carbonyl (C=O) groups is 1. The molecule has 0 spiro atoms. The molecular formula is C13H11NO4. The number of hydrogen-bond donors (Lipinski definition) is 1. The smallest absolute Gasteiger partial charge is 0.328 e. The van der Waals surface area contributed by atoms with Gasteiger partial charge in [-0.3, -0.25) is 0 Å². The van der Waals surface area contributed by atoms with Gasteiger partial charge >= 0.3 is 5.97 Å². The monoisotopic (exact) mass is 245 g/mol. The molecular weight excluding hydrogens is 234 g/mol. The standard InChI is InChI=1S/C13H11NO4/c15-13(16)7-6-11-8-12(14-18-11)17-9-10-4-2-1-3-5-10/h1-8H,9H2,(H,15,16). The summed E-state index contributed by atoms with van der Waals surface area (Å²) in [7, 11) is 0. The second-order valence-electron chi connectivity index (χ2n) is 3.51. The summed E-state index contributed by atoms with van der Waals surface area (Å²) in [6.45, 7) is 0.384. The van der Waals surface area contributed by atoms with Gasteiger partial charge in [0.05, 0.1) is 0 Å². The average molecular weight is 245 g/mol. The predicted octanol–water partition coefficient (Wildman–Crippen LogP) is 2.35. The highest BCUT2D eigenvalue weighted by Crippen LogP contribution is 2.14. The number of aliphatic carboxylic acids is 1. The molecule has 0 radical (unpaired) electrons. The third kappa shape index (κ3) is 3.48. The SMILES string of the molecule is O=C(O)C=Cc1cc(OCc2ccccc2)no1. The third-order valence-electron chi connectivity index (χ3n) is 2.13. The van der Waals surface area contributed by atoms with Gasteiger partial charge < -0.3 is 14.4 Å². The van der Waals surface area contributed by atoms with Crippen molar-refractivity contribution in [1.82, 2.24) is 5.16 Å².